The summed E-state index contributed by atoms with van der Waals surface area (Å²) in [5, 5.41) is 5.23. The van der Waals surface area contributed by atoms with E-state index in [1.807, 2.05) is 60.7 Å². The molecule has 0 fully saturated rings. The van der Waals surface area contributed by atoms with E-state index >= 15 is 0 Å². The van der Waals surface area contributed by atoms with Crippen LogP contribution in [0.1, 0.15) is 5.56 Å². The van der Waals surface area contributed by atoms with E-state index in [4.69, 9.17) is 11.8 Å². The van der Waals surface area contributed by atoms with Gasteiger partial charge in [-0.15, -0.1) is 0 Å². The maximum Gasteiger partial charge on any atom is 0.416 e. The Labute approximate surface area is 149 Å². The molecule has 0 aliphatic heterocycles. The van der Waals surface area contributed by atoms with Crippen molar-refractivity contribution in [2.24, 2.45) is 0 Å². The van der Waals surface area contributed by atoms with Crippen molar-refractivity contribution in [3.8, 4) is 0 Å². The molecule has 25 heavy (non-hydrogen) atoms. The fourth-order valence-corrected chi connectivity index (χ4v) is 5.77. The van der Waals surface area contributed by atoms with Crippen LogP contribution in [-0.2, 0) is 18.0 Å². The van der Waals surface area contributed by atoms with Crippen molar-refractivity contribution in [1.82, 2.24) is 0 Å². The molecule has 0 atom stereocenters. The highest BCUT2D eigenvalue weighted by molar-refractivity contribution is 8.22. The van der Waals surface area contributed by atoms with Crippen LogP contribution >= 0.6 is 6.19 Å². The highest BCUT2D eigenvalue weighted by atomic mass is 32.4. The van der Waals surface area contributed by atoms with E-state index in [2.05, 4.69) is 5.09 Å². The minimum absolute atomic E-state index is 0.573. The fraction of sp³-hybridized carbons (Fsp3) is 0.0526. The summed E-state index contributed by atoms with van der Waals surface area (Å²) in [6, 6.07) is 24.2. The molecular weight excluding hydrogens is 362 g/mol. The van der Waals surface area contributed by atoms with Crippen molar-refractivity contribution < 1.29 is 13.2 Å². The summed E-state index contributed by atoms with van der Waals surface area (Å²) in [7, 11) is 0. The minimum Gasteiger partial charge on any atom is -0.351 e. The zero-order valence-corrected chi connectivity index (χ0v) is 14.8. The summed E-state index contributed by atoms with van der Waals surface area (Å²) in [5.41, 5.74) is -0.102. The van der Waals surface area contributed by atoms with Gasteiger partial charge in [-0.1, -0.05) is 72.5 Å². The number of alkyl halides is 3. The van der Waals surface area contributed by atoms with Crippen LogP contribution in [0.15, 0.2) is 84.9 Å². The van der Waals surface area contributed by atoms with E-state index in [1.54, 1.807) is 0 Å². The molecule has 3 aromatic carbocycles. The summed E-state index contributed by atoms with van der Waals surface area (Å²) in [5.74, 6) is 0. The van der Waals surface area contributed by atoms with Gasteiger partial charge in [-0.3, -0.25) is 0 Å². The molecule has 0 aliphatic rings. The molecule has 0 unspecified atom stereocenters. The van der Waals surface area contributed by atoms with Gasteiger partial charge in [0.15, 0.2) is 0 Å². The zero-order valence-electron chi connectivity index (χ0n) is 13.1. The number of halogens is 3. The number of nitrogens with one attached hydrogen (secondary N) is 1. The molecule has 0 radical (unpaired) electrons. The quantitative estimate of drug-likeness (QED) is 0.630. The van der Waals surface area contributed by atoms with Crippen LogP contribution in [0.3, 0.4) is 0 Å². The van der Waals surface area contributed by atoms with Crippen LogP contribution in [0.2, 0.25) is 0 Å². The molecule has 0 saturated heterocycles. The van der Waals surface area contributed by atoms with Crippen LogP contribution in [-0.4, -0.2) is 0 Å². The largest absolute Gasteiger partial charge is 0.416 e. The molecule has 0 heterocycles. The second-order valence-corrected chi connectivity index (χ2v) is 9.59. The highest BCUT2D eigenvalue weighted by Crippen LogP contribution is 2.44. The van der Waals surface area contributed by atoms with Gasteiger partial charge in [0.1, 0.15) is 0 Å². The third kappa shape index (κ3) is 3.94. The molecular formula is C19H15F3NPS. The van der Waals surface area contributed by atoms with Crippen LogP contribution < -0.4 is 15.7 Å². The lowest BCUT2D eigenvalue weighted by Gasteiger charge is -2.26. The SMILES string of the molecule is FC(F)(F)c1ccc(NP(=S)(c2ccccc2)c2ccccc2)cc1. The monoisotopic (exact) mass is 377 g/mol. The van der Waals surface area contributed by atoms with Gasteiger partial charge in [-0.05, 0) is 24.3 Å². The Morgan fingerprint density at radius 1 is 0.680 bits per heavy atom. The van der Waals surface area contributed by atoms with Crippen molar-refractivity contribution in [3.05, 3.63) is 90.5 Å². The van der Waals surface area contributed by atoms with Gasteiger partial charge in [0.05, 0.1) is 11.8 Å². The van der Waals surface area contributed by atoms with Crippen molar-refractivity contribution >= 4 is 34.3 Å². The van der Waals surface area contributed by atoms with Crippen LogP contribution in [0, 0.1) is 0 Å². The van der Waals surface area contributed by atoms with Gasteiger partial charge in [0, 0.05) is 16.3 Å². The standard InChI is InChI=1S/C19H15F3NPS/c20-19(21,22)15-11-13-16(14-12-15)23-24(25,17-7-3-1-4-8-17)18-9-5-2-6-10-18/h1-14H,(H,23,25). The van der Waals surface area contributed by atoms with Gasteiger partial charge >= 0.3 is 6.18 Å². The number of benzene rings is 3. The van der Waals surface area contributed by atoms with Crippen LogP contribution in [0.5, 0.6) is 0 Å². The average Bonchev–Trinajstić information content (AvgIpc) is 2.63. The molecule has 3 rings (SSSR count). The maximum absolute atomic E-state index is 12.8. The molecule has 128 valence electrons. The molecule has 0 amide bonds. The van der Waals surface area contributed by atoms with Crippen molar-refractivity contribution in [3.63, 3.8) is 0 Å². The van der Waals surface area contributed by atoms with E-state index in [1.165, 1.54) is 12.1 Å². The van der Waals surface area contributed by atoms with E-state index in [0.29, 0.717) is 5.69 Å². The summed E-state index contributed by atoms with van der Waals surface area (Å²) in [4.78, 5) is 0. The summed E-state index contributed by atoms with van der Waals surface area (Å²) in [6.45, 7) is 0. The number of anilines is 1. The first kappa shape index (κ1) is 17.7. The highest BCUT2D eigenvalue weighted by Gasteiger charge is 2.30. The molecule has 0 spiro atoms. The third-order valence-electron chi connectivity index (χ3n) is 3.74. The van der Waals surface area contributed by atoms with E-state index < -0.39 is 17.9 Å². The predicted octanol–water partition coefficient (Wildman–Crippen LogP) is 5.16. The lowest BCUT2D eigenvalue weighted by molar-refractivity contribution is -0.137. The van der Waals surface area contributed by atoms with Crippen molar-refractivity contribution in [2.45, 2.75) is 6.18 Å². The van der Waals surface area contributed by atoms with E-state index in [0.717, 1.165) is 22.7 Å². The summed E-state index contributed by atoms with van der Waals surface area (Å²) < 4.78 is 38.3. The fourth-order valence-electron chi connectivity index (χ4n) is 2.47. The molecule has 6 heteroatoms. The Morgan fingerprint density at radius 2 is 1.12 bits per heavy atom. The van der Waals surface area contributed by atoms with Crippen molar-refractivity contribution in [2.75, 3.05) is 5.09 Å². The zero-order chi connectivity index (χ0) is 17.9. The number of hydrogen-bond donors (Lipinski definition) is 1. The summed E-state index contributed by atoms with van der Waals surface area (Å²) >= 11 is 6.00. The van der Waals surface area contributed by atoms with Gasteiger partial charge in [0.25, 0.3) is 0 Å². The van der Waals surface area contributed by atoms with Crippen LogP contribution in [0.4, 0.5) is 18.9 Å². The van der Waals surface area contributed by atoms with E-state index in [-0.39, 0.29) is 0 Å². The molecule has 1 nitrogen and oxygen atoms in total. The number of rotatable bonds is 4. The minimum atomic E-state index is -4.35. The number of hydrogen-bond acceptors (Lipinski definition) is 1. The molecule has 3 aromatic rings. The molecule has 0 aromatic heterocycles. The van der Waals surface area contributed by atoms with Gasteiger partial charge < -0.3 is 5.09 Å². The Hall–Kier alpha value is -2.10. The first-order valence-electron chi connectivity index (χ1n) is 7.56. The Bertz CT molecular complexity index is 835. The Balaban J connectivity index is 2.01. The first-order valence-corrected chi connectivity index (χ1v) is 10.4. The smallest absolute Gasteiger partial charge is 0.351 e. The summed E-state index contributed by atoms with van der Waals surface area (Å²) in [6.07, 6.45) is -6.75. The normalized spacial score (nSPS) is 12.0. The second kappa shape index (κ2) is 7.03. The topological polar surface area (TPSA) is 12.0 Å². The average molecular weight is 377 g/mol. The second-order valence-electron chi connectivity index (χ2n) is 5.47. The molecule has 0 saturated carbocycles. The van der Waals surface area contributed by atoms with Crippen molar-refractivity contribution in [1.29, 1.82) is 0 Å². The van der Waals surface area contributed by atoms with Crippen LogP contribution in [0.25, 0.3) is 0 Å². The van der Waals surface area contributed by atoms with E-state index in [9.17, 15) is 13.2 Å². The molecule has 0 aliphatic carbocycles. The maximum atomic E-state index is 12.8. The molecule has 0 bridgehead atoms. The predicted molar refractivity (Wildman–Crippen MR) is 102 cm³/mol. The first-order chi connectivity index (χ1) is 11.9. The molecule has 1 N–H and O–H groups in total. The lowest BCUT2D eigenvalue weighted by Crippen LogP contribution is -2.21. The Kier molecular flexibility index (Phi) is 4.98. The van der Waals surface area contributed by atoms with Gasteiger partial charge in [-0.2, -0.15) is 13.2 Å². The van der Waals surface area contributed by atoms with Gasteiger partial charge in [0.2, 0.25) is 0 Å². The lowest BCUT2D eigenvalue weighted by atomic mass is 10.2. The Morgan fingerprint density at radius 3 is 1.52 bits per heavy atom. The van der Waals surface area contributed by atoms with Gasteiger partial charge in [-0.25, -0.2) is 0 Å². The third-order valence-corrected chi connectivity index (χ3v) is 7.90.